The number of methoxy groups -OCH3 is 1. The van der Waals surface area contributed by atoms with Gasteiger partial charge in [0.05, 0.1) is 13.7 Å². The van der Waals surface area contributed by atoms with Crippen LogP contribution < -0.4 is 10.2 Å². The molecule has 0 saturated heterocycles. The van der Waals surface area contributed by atoms with Gasteiger partial charge in [-0.3, -0.25) is 0 Å². The molecule has 0 aliphatic carbocycles. The molecule has 112 valence electrons. The van der Waals surface area contributed by atoms with E-state index in [0.29, 0.717) is 17.8 Å². The van der Waals surface area contributed by atoms with Crippen molar-refractivity contribution in [1.82, 2.24) is 14.8 Å². The summed E-state index contributed by atoms with van der Waals surface area (Å²) in [7, 11) is 0.0928. The van der Waals surface area contributed by atoms with E-state index in [2.05, 4.69) is 10.1 Å². The van der Waals surface area contributed by atoms with Crippen LogP contribution in [-0.4, -0.2) is 39.0 Å². The fourth-order valence-corrected chi connectivity index (χ4v) is 2.21. The molecule has 2 aromatic rings. The van der Waals surface area contributed by atoms with Crippen molar-refractivity contribution in [3.8, 4) is 5.75 Å². The Kier molecular flexibility index (Phi) is 4.98. The molecule has 1 heterocycles. The molecular weight excluding hydrogens is 269 g/mol. The van der Waals surface area contributed by atoms with Gasteiger partial charge in [0.15, 0.2) is 5.82 Å². The second kappa shape index (κ2) is 6.73. The normalized spacial score (nSPS) is 10.7. The fraction of sp³-hybridized carbons (Fsp3) is 0.429. The molecule has 0 amide bonds. The summed E-state index contributed by atoms with van der Waals surface area (Å²) in [5.41, 5.74) is 1.27. The first-order chi connectivity index (χ1) is 10.1. The van der Waals surface area contributed by atoms with Crippen molar-refractivity contribution >= 4 is 12.6 Å². The third-order valence-corrected chi connectivity index (χ3v) is 3.35. The third kappa shape index (κ3) is 3.43. The number of aryl methyl sites for hydroxylation is 2. The zero-order valence-electron chi connectivity index (χ0n) is 12.6. The molecule has 2 N–H and O–H groups in total. The van der Waals surface area contributed by atoms with E-state index in [4.69, 9.17) is 4.74 Å². The van der Waals surface area contributed by atoms with Crippen molar-refractivity contribution in [3.63, 3.8) is 0 Å². The van der Waals surface area contributed by atoms with Crippen LogP contribution in [-0.2, 0) is 19.4 Å². The molecule has 6 nitrogen and oxygen atoms in total. The van der Waals surface area contributed by atoms with Crippen LogP contribution in [0.3, 0.4) is 0 Å². The standard InChI is InChI=1S/C14H20BN3O3/c1-4-13-16-14(5-2)18(17-13)9-10-8-11(15(19)20)6-7-12(10)21-3/h6-8,19-20H,4-5,9H2,1-3H3. The molecule has 7 heteroatoms. The third-order valence-electron chi connectivity index (χ3n) is 3.35. The summed E-state index contributed by atoms with van der Waals surface area (Å²) < 4.78 is 7.17. The van der Waals surface area contributed by atoms with Crippen LogP contribution in [0.2, 0.25) is 0 Å². The van der Waals surface area contributed by atoms with Crippen LogP contribution in [0.25, 0.3) is 0 Å². The molecule has 0 radical (unpaired) electrons. The molecule has 2 rings (SSSR count). The Hall–Kier alpha value is -1.86. The van der Waals surface area contributed by atoms with Crippen molar-refractivity contribution in [2.75, 3.05) is 7.11 Å². The molecule has 0 aliphatic rings. The Morgan fingerprint density at radius 1 is 1.24 bits per heavy atom. The monoisotopic (exact) mass is 289 g/mol. The number of hydrogen-bond acceptors (Lipinski definition) is 5. The smallest absolute Gasteiger partial charge is 0.488 e. The number of hydrogen-bond donors (Lipinski definition) is 2. The van der Waals surface area contributed by atoms with Crippen molar-refractivity contribution < 1.29 is 14.8 Å². The van der Waals surface area contributed by atoms with Gasteiger partial charge in [-0.2, -0.15) is 5.10 Å². The van der Waals surface area contributed by atoms with Gasteiger partial charge in [-0.15, -0.1) is 0 Å². The van der Waals surface area contributed by atoms with Crippen LogP contribution in [0.4, 0.5) is 0 Å². The molecule has 1 aromatic carbocycles. The zero-order valence-corrected chi connectivity index (χ0v) is 12.6. The molecule has 0 bridgehead atoms. The Morgan fingerprint density at radius 3 is 2.57 bits per heavy atom. The summed E-state index contributed by atoms with van der Waals surface area (Å²) in [6.45, 7) is 4.54. The first kappa shape index (κ1) is 15.5. The molecule has 0 aliphatic heterocycles. The summed E-state index contributed by atoms with van der Waals surface area (Å²) >= 11 is 0. The minimum absolute atomic E-state index is 0.430. The lowest BCUT2D eigenvalue weighted by Crippen LogP contribution is -2.30. The van der Waals surface area contributed by atoms with Gasteiger partial charge in [0.1, 0.15) is 11.6 Å². The topological polar surface area (TPSA) is 80.4 Å². The first-order valence-electron chi connectivity index (χ1n) is 7.04. The number of ether oxygens (including phenoxy) is 1. The highest BCUT2D eigenvalue weighted by atomic mass is 16.5. The fourth-order valence-electron chi connectivity index (χ4n) is 2.21. The van der Waals surface area contributed by atoms with E-state index < -0.39 is 7.12 Å². The van der Waals surface area contributed by atoms with Gasteiger partial charge in [0.2, 0.25) is 0 Å². The van der Waals surface area contributed by atoms with E-state index in [1.807, 2.05) is 18.5 Å². The van der Waals surface area contributed by atoms with Gasteiger partial charge in [0, 0.05) is 18.4 Å². The maximum Gasteiger partial charge on any atom is 0.488 e. The highest BCUT2D eigenvalue weighted by molar-refractivity contribution is 6.58. The van der Waals surface area contributed by atoms with Gasteiger partial charge in [0.25, 0.3) is 0 Å². The second-order valence-electron chi connectivity index (χ2n) is 4.75. The van der Waals surface area contributed by atoms with Crippen molar-refractivity contribution in [1.29, 1.82) is 0 Å². The Morgan fingerprint density at radius 2 is 2.00 bits per heavy atom. The Balaban J connectivity index is 2.37. The maximum absolute atomic E-state index is 9.30. The lowest BCUT2D eigenvalue weighted by atomic mass is 9.79. The summed E-state index contributed by atoms with van der Waals surface area (Å²) in [4.78, 5) is 4.47. The highest BCUT2D eigenvalue weighted by Gasteiger charge is 2.15. The van der Waals surface area contributed by atoms with Gasteiger partial charge in [-0.1, -0.05) is 26.0 Å². The molecule has 0 fully saturated rings. The molecule has 0 saturated carbocycles. The molecule has 0 spiro atoms. The van der Waals surface area contributed by atoms with Crippen LogP contribution in [0.15, 0.2) is 18.2 Å². The minimum atomic E-state index is -1.50. The van der Waals surface area contributed by atoms with E-state index in [0.717, 1.165) is 30.1 Å². The van der Waals surface area contributed by atoms with Gasteiger partial charge in [-0.25, -0.2) is 9.67 Å². The molecular formula is C14H20BN3O3. The summed E-state index contributed by atoms with van der Waals surface area (Å²) in [5, 5.41) is 23.1. The summed E-state index contributed by atoms with van der Waals surface area (Å²) in [6.07, 6.45) is 1.57. The predicted molar refractivity (Wildman–Crippen MR) is 80.7 cm³/mol. The minimum Gasteiger partial charge on any atom is -0.496 e. The molecule has 0 unspecified atom stereocenters. The molecule has 1 aromatic heterocycles. The van der Waals surface area contributed by atoms with E-state index in [1.54, 1.807) is 25.3 Å². The summed E-state index contributed by atoms with van der Waals surface area (Å²) in [6, 6.07) is 5.08. The van der Waals surface area contributed by atoms with Crippen LogP contribution >= 0.6 is 0 Å². The Labute approximate surface area is 124 Å². The first-order valence-corrected chi connectivity index (χ1v) is 7.04. The van der Waals surface area contributed by atoms with Crippen molar-refractivity contribution in [2.45, 2.75) is 33.2 Å². The number of nitrogens with zero attached hydrogens (tertiary/aromatic N) is 3. The molecule has 0 atom stereocenters. The zero-order chi connectivity index (χ0) is 15.4. The number of rotatable bonds is 6. The lowest BCUT2D eigenvalue weighted by molar-refractivity contribution is 0.406. The van der Waals surface area contributed by atoms with E-state index >= 15 is 0 Å². The van der Waals surface area contributed by atoms with Crippen LogP contribution in [0.5, 0.6) is 5.75 Å². The highest BCUT2D eigenvalue weighted by Crippen LogP contribution is 2.18. The van der Waals surface area contributed by atoms with Gasteiger partial charge >= 0.3 is 7.12 Å². The Bertz CT molecular complexity index is 614. The molecule has 21 heavy (non-hydrogen) atoms. The van der Waals surface area contributed by atoms with Gasteiger partial charge < -0.3 is 14.8 Å². The van der Waals surface area contributed by atoms with E-state index in [-0.39, 0.29) is 0 Å². The lowest BCUT2D eigenvalue weighted by Gasteiger charge is -2.11. The van der Waals surface area contributed by atoms with Gasteiger partial charge in [-0.05, 0) is 11.5 Å². The van der Waals surface area contributed by atoms with Crippen molar-refractivity contribution in [2.24, 2.45) is 0 Å². The summed E-state index contributed by atoms with van der Waals surface area (Å²) in [5.74, 6) is 2.41. The SMILES string of the molecule is CCc1nc(CC)n(Cc2cc(B(O)O)ccc2OC)n1. The van der Waals surface area contributed by atoms with Crippen LogP contribution in [0.1, 0.15) is 31.1 Å². The number of benzene rings is 1. The van der Waals surface area contributed by atoms with E-state index in [1.165, 1.54) is 0 Å². The number of aromatic nitrogens is 3. The van der Waals surface area contributed by atoms with E-state index in [9.17, 15) is 10.0 Å². The second-order valence-corrected chi connectivity index (χ2v) is 4.75. The van der Waals surface area contributed by atoms with Crippen LogP contribution in [0, 0.1) is 0 Å². The quantitative estimate of drug-likeness (QED) is 0.739. The van der Waals surface area contributed by atoms with Crippen molar-refractivity contribution in [3.05, 3.63) is 35.4 Å². The maximum atomic E-state index is 9.30. The largest absolute Gasteiger partial charge is 0.496 e. The average Bonchev–Trinajstić information content (AvgIpc) is 2.89. The predicted octanol–water partition coefficient (Wildman–Crippen LogP) is 0.140. The average molecular weight is 289 g/mol.